The van der Waals surface area contributed by atoms with Crippen molar-refractivity contribution in [1.82, 2.24) is 0 Å². The minimum absolute atomic E-state index is 0.0179. The Morgan fingerprint density at radius 1 is 0.583 bits per heavy atom. The van der Waals surface area contributed by atoms with Crippen molar-refractivity contribution >= 4 is 23.2 Å². The Hall–Kier alpha value is -1.84. The molecule has 2 N–H and O–H groups in total. The van der Waals surface area contributed by atoms with E-state index in [-0.39, 0.29) is 11.8 Å². The van der Waals surface area contributed by atoms with Gasteiger partial charge in [0.1, 0.15) is 0 Å². The number of carbonyl (C=O) groups is 2. The number of nitrogens with one attached hydrogen (secondary N) is 2. The highest BCUT2D eigenvalue weighted by Gasteiger charge is 2.07. The number of anilines is 2. The smallest absolute Gasteiger partial charge is 0.224 e. The summed E-state index contributed by atoms with van der Waals surface area (Å²) in [6.45, 7) is 6.07. The second kappa shape index (κ2) is 22.4. The molecule has 2 amide bonds. The molecular formula is C32H56N2O2. The number of hydrogen-bond acceptors (Lipinski definition) is 2. The largest absolute Gasteiger partial charge is 0.326 e. The van der Waals surface area contributed by atoms with Gasteiger partial charge in [-0.3, -0.25) is 9.59 Å². The molecule has 1 rings (SSSR count). The lowest BCUT2D eigenvalue weighted by Crippen LogP contribution is -2.13. The summed E-state index contributed by atoms with van der Waals surface area (Å²) in [4.78, 5) is 23.9. The third-order valence-electron chi connectivity index (χ3n) is 7.12. The van der Waals surface area contributed by atoms with Crippen LogP contribution in [0.3, 0.4) is 0 Å². The molecule has 1 aromatic carbocycles. The lowest BCUT2D eigenvalue weighted by atomic mass is 10.0. The average Bonchev–Trinajstić information content (AvgIpc) is 2.87. The maximum Gasteiger partial charge on any atom is 0.224 e. The first-order chi connectivity index (χ1) is 17.6. The van der Waals surface area contributed by atoms with Crippen LogP contribution in [0.5, 0.6) is 0 Å². The molecule has 4 nitrogen and oxygen atoms in total. The Labute approximate surface area is 222 Å². The summed E-state index contributed by atoms with van der Waals surface area (Å²) in [6, 6.07) is 5.67. The molecule has 0 bridgehead atoms. The van der Waals surface area contributed by atoms with E-state index in [2.05, 4.69) is 17.6 Å². The van der Waals surface area contributed by atoms with Gasteiger partial charge in [0.15, 0.2) is 0 Å². The Morgan fingerprint density at radius 3 is 1.47 bits per heavy atom. The summed E-state index contributed by atoms with van der Waals surface area (Å²) in [5.41, 5.74) is 2.51. The molecule has 0 radical (unpaired) electrons. The van der Waals surface area contributed by atoms with Gasteiger partial charge in [-0.15, -0.1) is 0 Å². The molecule has 0 atom stereocenters. The quantitative estimate of drug-likeness (QED) is 0.147. The summed E-state index contributed by atoms with van der Waals surface area (Å²) in [6.07, 6.45) is 26.8. The van der Waals surface area contributed by atoms with Gasteiger partial charge >= 0.3 is 0 Å². The van der Waals surface area contributed by atoms with Crippen molar-refractivity contribution in [2.24, 2.45) is 0 Å². The maximum atomic E-state index is 12.3. The van der Waals surface area contributed by atoms with E-state index in [0.29, 0.717) is 12.8 Å². The van der Waals surface area contributed by atoms with Gasteiger partial charge in [-0.2, -0.15) is 0 Å². The maximum absolute atomic E-state index is 12.3. The minimum Gasteiger partial charge on any atom is -0.326 e. The van der Waals surface area contributed by atoms with Gasteiger partial charge in [-0.1, -0.05) is 135 Å². The van der Waals surface area contributed by atoms with Gasteiger partial charge in [-0.05, 0) is 31.0 Å². The zero-order valence-electron chi connectivity index (χ0n) is 23.9. The van der Waals surface area contributed by atoms with Crippen LogP contribution in [0.1, 0.15) is 154 Å². The monoisotopic (exact) mass is 500 g/mol. The first-order valence-electron chi connectivity index (χ1n) is 15.3. The van der Waals surface area contributed by atoms with Crippen molar-refractivity contribution in [2.75, 3.05) is 10.6 Å². The number of rotatable bonds is 23. The molecule has 0 heterocycles. The van der Waals surface area contributed by atoms with Gasteiger partial charge in [0.05, 0.1) is 0 Å². The third-order valence-corrected chi connectivity index (χ3v) is 7.12. The molecule has 0 aliphatic carbocycles. The number of carbonyl (C=O) groups excluding carboxylic acids is 2. The zero-order valence-corrected chi connectivity index (χ0v) is 23.9. The van der Waals surface area contributed by atoms with Crippen molar-refractivity contribution in [3.63, 3.8) is 0 Å². The van der Waals surface area contributed by atoms with E-state index in [4.69, 9.17) is 0 Å². The molecule has 0 spiro atoms. The molecule has 206 valence electrons. The normalized spacial score (nSPS) is 11.0. The molecule has 0 saturated carbocycles. The van der Waals surface area contributed by atoms with Crippen LogP contribution in [0.15, 0.2) is 18.2 Å². The topological polar surface area (TPSA) is 58.2 Å². The molecule has 0 unspecified atom stereocenters. The first kappa shape index (κ1) is 32.2. The molecule has 0 aliphatic heterocycles. The van der Waals surface area contributed by atoms with Crippen LogP contribution in [0.25, 0.3) is 0 Å². The fourth-order valence-electron chi connectivity index (χ4n) is 4.66. The fourth-order valence-corrected chi connectivity index (χ4v) is 4.66. The first-order valence-corrected chi connectivity index (χ1v) is 15.3. The molecule has 0 aromatic heterocycles. The lowest BCUT2D eigenvalue weighted by molar-refractivity contribution is -0.116. The Balaban J connectivity index is 1.91. The molecule has 0 aliphatic rings. The van der Waals surface area contributed by atoms with E-state index in [0.717, 1.165) is 29.8 Å². The second-order valence-electron chi connectivity index (χ2n) is 10.6. The molecule has 0 fully saturated rings. The molecule has 0 saturated heterocycles. The predicted octanol–water partition coefficient (Wildman–Crippen LogP) is 10.1. The van der Waals surface area contributed by atoms with Crippen LogP contribution in [0.4, 0.5) is 11.4 Å². The number of benzene rings is 1. The van der Waals surface area contributed by atoms with E-state index in [1.807, 2.05) is 32.0 Å². The van der Waals surface area contributed by atoms with Crippen LogP contribution in [-0.4, -0.2) is 11.8 Å². The van der Waals surface area contributed by atoms with E-state index < -0.39 is 0 Å². The van der Waals surface area contributed by atoms with Crippen molar-refractivity contribution in [3.05, 3.63) is 23.8 Å². The van der Waals surface area contributed by atoms with E-state index >= 15 is 0 Å². The lowest BCUT2D eigenvalue weighted by Gasteiger charge is -2.11. The van der Waals surface area contributed by atoms with E-state index in [1.54, 1.807) is 0 Å². The van der Waals surface area contributed by atoms with Gasteiger partial charge in [0, 0.05) is 24.2 Å². The van der Waals surface area contributed by atoms with Crippen molar-refractivity contribution < 1.29 is 9.59 Å². The number of amides is 2. The summed E-state index contributed by atoms with van der Waals surface area (Å²) in [5, 5.41) is 5.86. The molecule has 4 heteroatoms. The highest BCUT2D eigenvalue weighted by molar-refractivity contribution is 5.94. The number of unbranched alkanes of at least 4 members (excludes halogenated alkanes) is 18. The van der Waals surface area contributed by atoms with E-state index in [1.165, 1.54) is 109 Å². The second-order valence-corrected chi connectivity index (χ2v) is 10.6. The van der Waals surface area contributed by atoms with Crippen LogP contribution >= 0.6 is 0 Å². The van der Waals surface area contributed by atoms with Crippen molar-refractivity contribution in [2.45, 2.75) is 156 Å². The number of aryl methyl sites for hydroxylation is 1. The van der Waals surface area contributed by atoms with Crippen LogP contribution in [-0.2, 0) is 9.59 Å². The Bertz CT molecular complexity index is 701. The van der Waals surface area contributed by atoms with Crippen LogP contribution in [0, 0.1) is 6.92 Å². The summed E-state index contributed by atoms with van der Waals surface area (Å²) < 4.78 is 0. The van der Waals surface area contributed by atoms with Gasteiger partial charge < -0.3 is 10.6 Å². The number of hydrogen-bond donors (Lipinski definition) is 2. The van der Waals surface area contributed by atoms with Gasteiger partial charge in [-0.25, -0.2) is 0 Å². The summed E-state index contributed by atoms with van der Waals surface area (Å²) in [5.74, 6) is 0.0363. The minimum atomic E-state index is -0.0179. The van der Waals surface area contributed by atoms with E-state index in [9.17, 15) is 9.59 Å². The standard InChI is InChI=1S/C32H56N2O2/c1-4-6-7-8-9-10-11-12-13-14-15-16-17-18-19-20-21-22-23-24-32(36)33-29-26-25-28(3)30(27-29)34-31(35)5-2/h25-27H,4-24H2,1-3H3,(H,33,36)(H,34,35). The average molecular weight is 501 g/mol. The zero-order chi connectivity index (χ0) is 26.3. The fraction of sp³-hybridized carbons (Fsp3) is 0.750. The van der Waals surface area contributed by atoms with Crippen LogP contribution in [0.2, 0.25) is 0 Å². The highest BCUT2D eigenvalue weighted by Crippen LogP contribution is 2.21. The van der Waals surface area contributed by atoms with Crippen molar-refractivity contribution in [3.8, 4) is 0 Å². The van der Waals surface area contributed by atoms with Gasteiger partial charge in [0.2, 0.25) is 11.8 Å². The molecule has 36 heavy (non-hydrogen) atoms. The Kier molecular flexibility index (Phi) is 20.0. The highest BCUT2D eigenvalue weighted by atomic mass is 16.2. The SMILES string of the molecule is CCCCCCCCCCCCCCCCCCCCCC(=O)Nc1ccc(C)c(NC(=O)CC)c1. The van der Waals surface area contributed by atoms with Gasteiger partial charge in [0.25, 0.3) is 0 Å². The molecule has 1 aromatic rings. The Morgan fingerprint density at radius 2 is 1.03 bits per heavy atom. The molecular weight excluding hydrogens is 444 g/mol. The summed E-state index contributed by atoms with van der Waals surface area (Å²) >= 11 is 0. The predicted molar refractivity (Wildman–Crippen MR) is 157 cm³/mol. The summed E-state index contributed by atoms with van der Waals surface area (Å²) in [7, 11) is 0. The third kappa shape index (κ3) is 17.6. The van der Waals surface area contributed by atoms with Crippen LogP contribution < -0.4 is 10.6 Å². The van der Waals surface area contributed by atoms with Crippen molar-refractivity contribution in [1.29, 1.82) is 0 Å².